The molecule has 0 radical (unpaired) electrons. The van der Waals surface area contributed by atoms with Crippen LogP contribution in [-0.4, -0.2) is 33.5 Å². The van der Waals surface area contributed by atoms with E-state index in [0.717, 1.165) is 22.5 Å². The summed E-state index contributed by atoms with van der Waals surface area (Å²) in [5, 5.41) is 10.8. The van der Waals surface area contributed by atoms with Crippen molar-refractivity contribution in [2.24, 2.45) is 0 Å². The van der Waals surface area contributed by atoms with Gasteiger partial charge >= 0.3 is 0 Å². The summed E-state index contributed by atoms with van der Waals surface area (Å²) in [5.41, 5.74) is 4.18. The molecular weight excluding hydrogens is 407 g/mol. The number of amides is 2. The molecule has 2 heterocycles. The Morgan fingerprint density at radius 1 is 1.17 bits per heavy atom. The predicted molar refractivity (Wildman–Crippen MR) is 112 cm³/mol. The van der Waals surface area contributed by atoms with Crippen molar-refractivity contribution in [2.45, 2.75) is 25.8 Å². The standard InChI is InChI=1S/C22H20ClFN4O2/c23-15-3-1-2-14(12-15)22-18-13-28(11-10-19(18)26-27-22)21(30)9-8-20(29)25-17-6-4-16(24)5-7-17/h1-7,12H,8-11,13H2,(H,25,29)(H,26,27). The Kier molecular flexibility index (Phi) is 5.81. The average Bonchev–Trinajstić information content (AvgIpc) is 3.17. The number of benzene rings is 2. The zero-order valence-electron chi connectivity index (χ0n) is 16.1. The maximum Gasteiger partial charge on any atom is 0.224 e. The summed E-state index contributed by atoms with van der Waals surface area (Å²) >= 11 is 6.10. The van der Waals surface area contributed by atoms with Gasteiger partial charge in [0.05, 0.1) is 5.69 Å². The Labute approximate surface area is 178 Å². The summed E-state index contributed by atoms with van der Waals surface area (Å²) in [7, 11) is 0. The van der Waals surface area contributed by atoms with E-state index in [0.29, 0.717) is 30.2 Å². The summed E-state index contributed by atoms with van der Waals surface area (Å²) in [6.45, 7) is 1.01. The SMILES string of the molecule is O=C(CCC(=O)N1CCc2[nH]nc(-c3cccc(Cl)c3)c2C1)Nc1ccc(F)cc1. The minimum Gasteiger partial charge on any atom is -0.338 e. The van der Waals surface area contributed by atoms with Crippen molar-refractivity contribution in [2.75, 3.05) is 11.9 Å². The van der Waals surface area contributed by atoms with Crippen LogP contribution in [0.4, 0.5) is 10.1 Å². The molecular formula is C22H20ClFN4O2. The van der Waals surface area contributed by atoms with Crippen molar-refractivity contribution in [1.29, 1.82) is 0 Å². The van der Waals surface area contributed by atoms with Crippen molar-refractivity contribution >= 4 is 29.1 Å². The van der Waals surface area contributed by atoms with E-state index >= 15 is 0 Å². The molecule has 2 amide bonds. The summed E-state index contributed by atoms with van der Waals surface area (Å²) in [5.74, 6) is -0.743. The number of hydrogen-bond donors (Lipinski definition) is 2. The molecule has 0 spiro atoms. The molecule has 3 aromatic rings. The number of fused-ring (bicyclic) bond motifs is 1. The van der Waals surface area contributed by atoms with Crippen molar-refractivity contribution in [3.8, 4) is 11.3 Å². The molecule has 1 aliphatic rings. The number of carbonyl (C=O) groups excluding carboxylic acids is 2. The van der Waals surface area contributed by atoms with E-state index in [2.05, 4.69) is 15.5 Å². The molecule has 4 rings (SSSR count). The molecule has 2 N–H and O–H groups in total. The number of hydrogen-bond acceptors (Lipinski definition) is 3. The molecule has 6 nitrogen and oxygen atoms in total. The number of halogens is 2. The van der Waals surface area contributed by atoms with Gasteiger partial charge in [-0.2, -0.15) is 5.10 Å². The van der Waals surface area contributed by atoms with Crippen molar-refractivity contribution in [3.63, 3.8) is 0 Å². The van der Waals surface area contributed by atoms with Crippen LogP contribution in [0.1, 0.15) is 24.1 Å². The number of rotatable bonds is 5. The molecule has 0 bridgehead atoms. The fourth-order valence-corrected chi connectivity index (χ4v) is 3.71. The number of nitrogens with one attached hydrogen (secondary N) is 2. The lowest BCUT2D eigenvalue weighted by Crippen LogP contribution is -2.36. The number of H-pyrrole nitrogens is 1. The van der Waals surface area contributed by atoms with Gasteiger partial charge in [-0.05, 0) is 36.4 Å². The van der Waals surface area contributed by atoms with Crippen LogP contribution in [0.5, 0.6) is 0 Å². The second-order valence-corrected chi connectivity index (χ2v) is 7.60. The van der Waals surface area contributed by atoms with Crippen molar-refractivity contribution in [3.05, 3.63) is 70.6 Å². The minimum atomic E-state index is -0.371. The van der Waals surface area contributed by atoms with Gasteiger partial charge in [-0.25, -0.2) is 4.39 Å². The van der Waals surface area contributed by atoms with Gasteiger partial charge in [-0.1, -0.05) is 23.7 Å². The maximum absolute atomic E-state index is 12.9. The summed E-state index contributed by atoms with van der Waals surface area (Å²) in [6.07, 6.45) is 0.842. The third kappa shape index (κ3) is 4.52. The first-order chi connectivity index (χ1) is 14.5. The Morgan fingerprint density at radius 3 is 2.73 bits per heavy atom. The van der Waals surface area contributed by atoms with Crippen LogP contribution < -0.4 is 5.32 Å². The smallest absolute Gasteiger partial charge is 0.224 e. The van der Waals surface area contributed by atoms with Gasteiger partial charge < -0.3 is 10.2 Å². The van der Waals surface area contributed by atoms with Crippen molar-refractivity contribution in [1.82, 2.24) is 15.1 Å². The molecule has 30 heavy (non-hydrogen) atoms. The van der Waals surface area contributed by atoms with Crippen LogP contribution in [0.3, 0.4) is 0 Å². The van der Waals surface area contributed by atoms with Gasteiger partial charge in [0.1, 0.15) is 5.82 Å². The van der Waals surface area contributed by atoms with Gasteiger partial charge in [0.2, 0.25) is 11.8 Å². The van der Waals surface area contributed by atoms with Crippen LogP contribution in [0, 0.1) is 5.82 Å². The molecule has 0 saturated heterocycles. The summed E-state index contributed by atoms with van der Waals surface area (Å²) < 4.78 is 12.9. The number of aromatic nitrogens is 2. The zero-order chi connectivity index (χ0) is 21.1. The quantitative estimate of drug-likeness (QED) is 0.642. The Hall–Kier alpha value is -3.19. The van der Waals surface area contributed by atoms with Crippen LogP contribution in [0.15, 0.2) is 48.5 Å². The van der Waals surface area contributed by atoms with Crippen molar-refractivity contribution < 1.29 is 14.0 Å². The third-order valence-electron chi connectivity index (χ3n) is 5.08. The van der Waals surface area contributed by atoms with E-state index in [1.165, 1.54) is 24.3 Å². The van der Waals surface area contributed by atoms with Crippen LogP contribution >= 0.6 is 11.6 Å². The average molecular weight is 427 g/mol. The number of nitrogens with zero attached hydrogens (tertiary/aromatic N) is 2. The van der Waals surface area contributed by atoms with Gasteiger partial charge in [-0.15, -0.1) is 0 Å². The molecule has 0 fully saturated rings. The van der Waals surface area contributed by atoms with E-state index in [1.807, 2.05) is 18.2 Å². The van der Waals surface area contributed by atoms with Gasteiger partial charge in [-0.3, -0.25) is 14.7 Å². The lowest BCUT2D eigenvalue weighted by molar-refractivity contribution is -0.133. The van der Waals surface area contributed by atoms with Crippen LogP contribution in [-0.2, 0) is 22.6 Å². The Balaban J connectivity index is 1.37. The van der Waals surface area contributed by atoms with E-state index in [4.69, 9.17) is 11.6 Å². The van der Waals surface area contributed by atoms with E-state index in [9.17, 15) is 14.0 Å². The largest absolute Gasteiger partial charge is 0.338 e. The van der Waals surface area contributed by atoms with Crippen LogP contribution in [0.2, 0.25) is 5.02 Å². The van der Waals surface area contributed by atoms with Gasteiger partial charge in [0.25, 0.3) is 0 Å². The zero-order valence-corrected chi connectivity index (χ0v) is 16.9. The van der Waals surface area contributed by atoms with Crippen LogP contribution in [0.25, 0.3) is 11.3 Å². The molecule has 0 saturated carbocycles. The van der Waals surface area contributed by atoms with Gasteiger partial charge in [0, 0.05) is 59.9 Å². The monoisotopic (exact) mass is 426 g/mol. The molecule has 0 atom stereocenters. The van der Waals surface area contributed by atoms with E-state index in [-0.39, 0.29) is 30.5 Å². The maximum atomic E-state index is 12.9. The van der Waals surface area contributed by atoms with E-state index < -0.39 is 0 Å². The second kappa shape index (κ2) is 8.67. The highest BCUT2D eigenvalue weighted by Gasteiger charge is 2.26. The first-order valence-corrected chi connectivity index (χ1v) is 10.0. The lowest BCUT2D eigenvalue weighted by Gasteiger charge is -2.27. The normalized spacial score (nSPS) is 13.1. The second-order valence-electron chi connectivity index (χ2n) is 7.16. The highest BCUT2D eigenvalue weighted by molar-refractivity contribution is 6.30. The predicted octanol–water partition coefficient (Wildman–Crippen LogP) is 4.17. The Morgan fingerprint density at radius 2 is 1.97 bits per heavy atom. The van der Waals surface area contributed by atoms with E-state index in [1.54, 1.807) is 11.0 Å². The first kappa shape index (κ1) is 20.1. The molecule has 1 aliphatic heterocycles. The summed E-state index contributed by atoms with van der Waals surface area (Å²) in [4.78, 5) is 26.5. The minimum absolute atomic E-state index is 0.0616. The highest BCUT2D eigenvalue weighted by atomic mass is 35.5. The molecule has 0 aliphatic carbocycles. The third-order valence-corrected chi connectivity index (χ3v) is 5.31. The molecule has 154 valence electrons. The lowest BCUT2D eigenvalue weighted by atomic mass is 10.0. The number of anilines is 1. The molecule has 8 heteroatoms. The fourth-order valence-electron chi connectivity index (χ4n) is 3.52. The number of carbonyl (C=O) groups is 2. The first-order valence-electron chi connectivity index (χ1n) is 9.65. The highest BCUT2D eigenvalue weighted by Crippen LogP contribution is 2.30. The Bertz CT molecular complexity index is 1080. The molecule has 1 aromatic heterocycles. The molecule has 0 unspecified atom stereocenters. The summed E-state index contributed by atoms with van der Waals surface area (Å²) in [6, 6.07) is 13.0. The molecule has 2 aromatic carbocycles. The van der Waals surface area contributed by atoms with Gasteiger partial charge in [0.15, 0.2) is 0 Å². The fraction of sp³-hybridized carbons (Fsp3) is 0.227. The number of aromatic amines is 1. The topological polar surface area (TPSA) is 78.1 Å².